The monoisotopic (exact) mass is 325 g/mol. The third kappa shape index (κ3) is 2.82. The Morgan fingerprint density at radius 2 is 2.10 bits per heavy atom. The van der Waals surface area contributed by atoms with E-state index in [4.69, 9.17) is 32.4 Å². The predicted octanol–water partition coefficient (Wildman–Crippen LogP) is 5.29. The number of halogens is 2. The average Bonchev–Trinajstić information content (AvgIpc) is 3.10. The van der Waals surface area contributed by atoms with Gasteiger partial charge in [-0.05, 0) is 23.6 Å². The van der Waals surface area contributed by atoms with Crippen LogP contribution in [0.2, 0.25) is 10.0 Å². The van der Waals surface area contributed by atoms with Crippen molar-refractivity contribution in [3.8, 4) is 16.5 Å². The van der Waals surface area contributed by atoms with Crippen LogP contribution in [-0.4, -0.2) is 4.98 Å². The topological polar surface area (TPSA) is 35.3 Å². The van der Waals surface area contributed by atoms with Crippen molar-refractivity contribution >= 4 is 34.5 Å². The zero-order valence-corrected chi connectivity index (χ0v) is 12.5. The van der Waals surface area contributed by atoms with Gasteiger partial charge in [-0.25, -0.2) is 4.98 Å². The van der Waals surface area contributed by atoms with E-state index in [2.05, 4.69) is 4.98 Å². The highest BCUT2D eigenvalue weighted by atomic mass is 35.5. The van der Waals surface area contributed by atoms with E-state index in [9.17, 15) is 0 Å². The molecule has 0 spiro atoms. The lowest BCUT2D eigenvalue weighted by atomic mass is 10.3. The second-order valence-corrected chi connectivity index (χ2v) is 5.69. The van der Waals surface area contributed by atoms with Gasteiger partial charge in [0.15, 0.2) is 0 Å². The van der Waals surface area contributed by atoms with E-state index in [1.54, 1.807) is 35.8 Å². The number of thiophene rings is 1. The van der Waals surface area contributed by atoms with Crippen LogP contribution >= 0.6 is 34.5 Å². The summed E-state index contributed by atoms with van der Waals surface area (Å²) in [5, 5.41) is 2.83. The molecule has 3 rings (SSSR count). The van der Waals surface area contributed by atoms with Crippen LogP contribution in [0, 0.1) is 0 Å². The Morgan fingerprint density at radius 1 is 1.20 bits per heavy atom. The number of nitrogens with zero attached hydrogens (tertiary/aromatic N) is 1. The maximum absolute atomic E-state index is 6.05. The molecular weight excluding hydrogens is 317 g/mol. The van der Waals surface area contributed by atoms with Crippen LogP contribution in [0.25, 0.3) is 10.8 Å². The summed E-state index contributed by atoms with van der Waals surface area (Å²) in [4.78, 5) is 5.35. The van der Waals surface area contributed by atoms with Crippen molar-refractivity contribution in [2.24, 2.45) is 0 Å². The number of ether oxygens (including phenoxy) is 1. The summed E-state index contributed by atoms with van der Waals surface area (Å²) in [6, 6.07) is 9.15. The number of hydrogen-bond acceptors (Lipinski definition) is 4. The van der Waals surface area contributed by atoms with Crippen molar-refractivity contribution in [1.29, 1.82) is 0 Å². The molecule has 0 N–H and O–H groups in total. The molecule has 3 nitrogen and oxygen atoms in total. The van der Waals surface area contributed by atoms with Gasteiger partial charge in [0, 0.05) is 0 Å². The zero-order valence-electron chi connectivity index (χ0n) is 10.2. The van der Waals surface area contributed by atoms with Gasteiger partial charge in [0.25, 0.3) is 0 Å². The van der Waals surface area contributed by atoms with Gasteiger partial charge in [0.05, 0.1) is 9.90 Å². The zero-order chi connectivity index (χ0) is 13.9. The Kier molecular flexibility index (Phi) is 3.96. The molecule has 0 atom stereocenters. The summed E-state index contributed by atoms with van der Waals surface area (Å²) in [5.41, 5.74) is 0.699. The van der Waals surface area contributed by atoms with E-state index in [-0.39, 0.29) is 6.61 Å². The van der Waals surface area contributed by atoms with Crippen LogP contribution in [0.5, 0.6) is 5.75 Å². The predicted molar refractivity (Wildman–Crippen MR) is 80.6 cm³/mol. The average molecular weight is 326 g/mol. The molecule has 2 aromatic heterocycles. The van der Waals surface area contributed by atoms with Crippen LogP contribution in [0.1, 0.15) is 5.69 Å². The van der Waals surface area contributed by atoms with Crippen molar-refractivity contribution in [2.45, 2.75) is 6.61 Å². The van der Waals surface area contributed by atoms with Gasteiger partial charge in [-0.3, -0.25) is 0 Å². The lowest BCUT2D eigenvalue weighted by molar-refractivity contribution is 0.301. The fourth-order valence-electron chi connectivity index (χ4n) is 1.63. The van der Waals surface area contributed by atoms with Gasteiger partial charge in [-0.1, -0.05) is 35.3 Å². The molecule has 0 saturated carbocycles. The summed E-state index contributed by atoms with van der Waals surface area (Å²) >= 11 is 13.5. The smallest absolute Gasteiger partial charge is 0.236 e. The van der Waals surface area contributed by atoms with Gasteiger partial charge in [-0.2, -0.15) is 0 Å². The molecule has 20 heavy (non-hydrogen) atoms. The van der Waals surface area contributed by atoms with Crippen molar-refractivity contribution < 1.29 is 9.15 Å². The molecular formula is C14H9Cl2NO2S. The summed E-state index contributed by atoms with van der Waals surface area (Å²) in [6.07, 6.45) is 1.58. The highest BCUT2D eigenvalue weighted by molar-refractivity contribution is 7.13. The Morgan fingerprint density at radius 3 is 2.90 bits per heavy atom. The van der Waals surface area contributed by atoms with Gasteiger partial charge in [0.1, 0.15) is 29.3 Å². The minimum absolute atomic E-state index is 0.273. The Hall–Kier alpha value is -1.49. The maximum Gasteiger partial charge on any atom is 0.236 e. The van der Waals surface area contributed by atoms with Crippen molar-refractivity contribution in [2.75, 3.05) is 0 Å². The molecule has 0 radical (unpaired) electrons. The Labute approximate surface area is 129 Å². The maximum atomic E-state index is 6.05. The molecule has 0 unspecified atom stereocenters. The van der Waals surface area contributed by atoms with Crippen LogP contribution in [0.15, 0.2) is 46.4 Å². The minimum Gasteiger partial charge on any atom is -0.486 e. The molecule has 0 saturated heterocycles. The first-order valence-electron chi connectivity index (χ1n) is 5.79. The fraction of sp³-hybridized carbons (Fsp3) is 0.0714. The number of rotatable bonds is 4. The third-order valence-corrected chi connectivity index (χ3v) is 4.23. The first-order valence-corrected chi connectivity index (χ1v) is 7.42. The molecule has 6 heteroatoms. The van der Waals surface area contributed by atoms with E-state index < -0.39 is 0 Å². The normalized spacial score (nSPS) is 10.7. The van der Waals surface area contributed by atoms with Gasteiger partial charge in [0.2, 0.25) is 5.89 Å². The van der Waals surface area contributed by atoms with E-state index in [1.165, 1.54) is 0 Å². The summed E-state index contributed by atoms with van der Waals surface area (Å²) < 4.78 is 11.0. The van der Waals surface area contributed by atoms with E-state index >= 15 is 0 Å². The molecule has 0 aliphatic heterocycles. The second kappa shape index (κ2) is 5.87. The summed E-state index contributed by atoms with van der Waals surface area (Å²) in [5.74, 6) is 1.12. The summed E-state index contributed by atoms with van der Waals surface area (Å²) in [6.45, 7) is 0.273. The fourth-order valence-corrected chi connectivity index (χ4v) is 2.64. The highest BCUT2D eigenvalue weighted by Crippen LogP contribution is 2.32. The molecule has 0 bridgehead atoms. The number of aromatic nitrogens is 1. The molecule has 2 heterocycles. The van der Waals surface area contributed by atoms with Crippen LogP contribution in [0.4, 0.5) is 0 Å². The lowest BCUT2D eigenvalue weighted by Gasteiger charge is -2.06. The van der Waals surface area contributed by atoms with Gasteiger partial charge >= 0.3 is 0 Å². The van der Waals surface area contributed by atoms with Gasteiger partial charge in [-0.15, -0.1) is 11.3 Å². The minimum atomic E-state index is 0.273. The van der Waals surface area contributed by atoms with Gasteiger partial charge < -0.3 is 9.15 Å². The molecule has 0 amide bonds. The first-order chi connectivity index (χ1) is 9.74. The lowest BCUT2D eigenvalue weighted by Crippen LogP contribution is -1.96. The van der Waals surface area contributed by atoms with Crippen LogP contribution in [0.3, 0.4) is 0 Å². The molecule has 0 aliphatic carbocycles. The van der Waals surface area contributed by atoms with Crippen molar-refractivity contribution in [3.63, 3.8) is 0 Å². The second-order valence-electron chi connectivity index (χ2n) is 3.96. The molecule has 3 aromatic rings. The number of hydrogen-bond donors (Lipinski definition) is 0. The van der Waals surface area contributed by atoms with Crippen LogP contribution in [-0.2, 0) is 6.61 Å². The molecule has 0 aliphatic rings. The Balaban J connectivity index is 1.71. The van der Waals surface area contributed by atoms with E-state index in [1.807, 2.05) is 17.5 Å². The van der Waals surface area contributed by atoms with Crippen LogP contribution < -0.4 is 4.74 Å². The Bertz CT molecular complexity index is 710. The summed E-state index contributed by atoms with van der Waals surface area (Å²) in [7, 11) is 0. The molecule has 0 fully saturated rings. The van der Waals surface area contributed by atoms with E-state index in [0.29, 0.717) is 27.4 Å². The molecule has 1 aromatic carbocycles. The largest absolute Gasteiger partial charge is 0.486 e. The SMILES string of the molecule is Clc1cccc(OCc2coc(-c3cccs3)n2)c1Cl. The first kappa shape index (κ1) is 13.5. The van der Waals surface area contributed by atoms with E-state index in [0.717, 1.165) is 4.88 Å². The standard InChI is InChI=1S/C14H9Cl2NO2S/c15-10-3-1-4-11(13(10)16)18-7-9-8-19-14(17-9)12-5-2-6-20-12/h1-6,8H,7H2. The molecule has 102 valence electrons. The number of benzene rings is 1. The highest BCUT2D eigenvalue weighted by Gasteiger charge is 2.10. The number of oxazole rings is 1. The van der Waals surface area contributed by atoms with Crippen molar-refractivity contribution in [1.82, 2.24) is 4.98 Å². The third-order valence-electron chi connectivity index (χ3n) is 2.58. The van der Waals surface area contributed by atoms with Crippen molar-refractivity contribution in [3.05, 3.63) is 57.7 Å². The quantitative estimate of drug-likeness (QED) is 0.653.